The number of amides is 2. The first-order valence-electron chi connectivity index (χ1n) is 8.20. The van der Waals surface area contributed by atoms with E-state index >= 15 is 0 Å². The minimum absolute atomic E-state index is 0.0327. The fourth-order valence-corrected chi connectivity index (χ4v) is 2.97. The van der Waals surface area contributed by atoms with Gasteiger partial charge in [-0.2, -0.15) is 0 Å². The number of rotatable bonds is 4. The number of carbonyl (C=O) groups excluding carboxylic acids is 1. The molecule has 1 fully saturated rings. The molecule has 2 amide bonds. The summed E-state index contributed by atoms with van der Waals surface area (Å²) in [7, 11) is 0. The van der Waals surface area contributed by atoms with Crippen molar-refractivity contribution in [1.82, 2.24) is 10.2 Å². The number of likely N-dealkylation sites (tertiary alicyclic amines) is 1. The summed E-state index contributed by atoms with van der Waals surface area (Å²) in [4.78, 5) is 14.3. The predicted molar refractivity (Wildman–Crippen MR) is 88.5 cm³/mol. The number of halogens is 1. The summed E-state index contributed by atoms with van der Waals surface area (Å²) < 4.78 is 13.2. The summed E-state index contributed by atoms with van der Waals surface area (Å²) in [6, 6.07) is 6.04. The van der Waals surface area contributed by atoms with Gasteiger partial charge in [0, 0.05) is 25.6 Å². The van der Waals surface area contributed by atoms with Crippen LogP contribution in [0.4, 0.5) is 9.18 Å². The van der Waals surface area contributed by atoms with E-state index in [1.807, 2.05) is 0 Å². The summed E-state index contributed by atoms with van der Waals surface area (Å²) in [5.74, 6) is -0.104. The zero-order chi connectivity index (χ0) is 17.0. The number of carbonyl (C=O) groups is 1. The van der Waals surface area contributed by atoms with Crippen molar-refractivity contribution in [1.29, 1.82) is 0 Å². The molecule has 0 radical (unpaired) electrons. The SMILES string of the molecule is CC(C)(C)CC(NC(=O)N1CCC(CO)C1)c1ccc(F)cc1. The Kier molecular flexibility index (Phi) is 5.63. The molecule has 23 heavy (non-hydrogen) atoms. The molecule has 4 nitrogen and oxygen atoms in total. The summed E-state index contributed by atoms with van der Waals surface area (Å²) in [5.41, 5.74) is 0.943. The van der Waals surface area contributed by atoms with Crippen LogP contribution in [0.1, 0.15) is 45.2 Å². The number of nitrogens with one attached hydrogen (secondary N) is 1. The molecule has 1 aliphatic rings. The third-order valence-corrected chi connectivity index (χ3v) is 4.22. The van der Waals surface area contributed by atoms with E-state index in [0.717, 1.165) is 18.4 Å². The smallest absolute Gasteiger partial charge is 0.317 e. The molecule has 1 aromatic rings. The maximum Gasteiger partial charge on any atom is 0.317 e. The number of nitrogens with zero attached hydrogens (tertiary/aromatic N) is 1. The van der Waals surface area contributed by atoms with Gasteiger partial charge in [0.1, 0.15) is 5.82 Å². The number of aliphatic hydroxyl groups excluding tert-OH is 1. The zero-order valence-corrected chi connectivity index (χ0v) is 14.2. The van der Waals surface area contributed by atoms with Crippen molar-refractivity contribution in [3.8, 4) is 0 Å². The predicted octanol–water partition coefficient (Wildman–Crippen LogP) is 3.33. The van der Waals surface area contributed by atoms with Crippen LogP contribution < -0.4 is 5.32 Å². The minimum atomic E-state index is -0.278. The fourth-order valence-electron chi connectivity index (χ4n) is 2.97. The van der Waals surface area contributed by atoms with Crippen LogP contribution in [0.5, 0.6) is 0 Å². The van der Waals surface area contributed by atoms with E-state index in [1.165, 1.54) is 12.1 Å². The standard InChI is InChI=1S/C18H27FN2O2/c1-18(2,3)10-16(14-4-6-15(19)7-5-14)20-17(23)21-9-8-13(11-21)12-22/h4-7,13,16,22H,8-12H2,1-3H3,(H,20,23). The highest BCUT2D eigenvalue weighted by Gasteiger charge is 2.28. The molecule has 2 N–H and O–H groups in total. The molecule has 1 aromatic carbocycles. The largest absolute Gasteiger partial charge is 0.396 e. The molecule has 0 aromatic heterocycles. The Bertz CT molecular complexity index is 525. The lowest BCUT2D eigenvalue weighted by atomic mass is 9.85. The second-order valence-electron chi connectivity index (χ2n) is 7.60. The van der Waals surface area contributed by atoms with Gasteiger partial charge < -0.3 is 15.3 Å². The third-order valence-electron chi connectivity index (χ3n) is 4.22. The molecule has 0 bridgehead atoms. The normalized spacial score (nSPS) is 19.7. The third kappa shape index (κ3) is 5.20. The Morgan fingerprint density at radius 2 is 2.04 bits per heavy atom. The van der Waals surface area contributed by atoms with Gasteiger partial charge in [0.25, 0.3) is 0 Å². The van der Waals surface area contributed by atoms with E-state index < -0.39 is 0 Å². The van der Waals surface area contributed by atoms with Gasteiger partial charge in [0.05, 0.1) is 6.04 Å². The van der Waals surface area contributed by atoms with E-state index in [4.69, 9.17) is 0 Å². The van der Waals surface area contributed by atoms with Gasteiger partial charge in [-0.25, -0.2) is 9.18 Å². The van der Waals surface area contributed by atoms with E-state index in [1.54, 1.807) is 17.0 Å². The zero-order valence-electron chi connectivity index (χ0n) is 14.2. The van der Waals surface area contributed by atoms with Crippen LogP contribution in [-0.4, -0.2) is 35.7 Å². The van der Waals surface area contributed by atoms with Crippen molar-refractivity contribution in [3.63, 3.8) is 0 Å². The maximum absolute atomic E-state index is 13.2. The van der Waals surface area contributed by atoms with Crippen LogP contribution >= 0.6 is 0 Å². The first kappa shape index (κ1) is 17.7. The Balaban J connectivity index is 2.08. The van der Waals surface area contributed by atoms with Gasteiger partial charge in [0.15, 0.2) is 0 Å². The van der Waals surface area contributed by atoms with Crippen molar-refractivity contribution in [2.75, 3.05) is 19.7 Å². The van der Waals surface area contributed by atoms with Crippen molar-refractivity contribution in [2.45, 2.75) is 39.7 Å². The van der Waals surface area contributed by atoms with Crippen molar-refractivity contribution < 1.29 is 14.3 Å². The van der Waals surface area contributed by atoms with E-state index in [9.17, 15) is 14.3 Å². The Morgan fingerprint density at radius 1 is 1.39 bits per heavy atom. The molecule has 1 saturated heterocycles. The average molecular weight is 322 g/mol. The molecule has 1 heterocycles. The van der Waals surface area contributed by atoms with Gasteiger partial charge >= 0.3 is 6.03 Å². The number of benzene rings is 1. The molecule has 5 heteroatoms. The Hall–Kier alpha value is -1.62. The summed E-state index contributed by atoms with van der Waals surface area (Å²) in [5, 5.41) is 12.3. The molecule has 2 rings (SSSR count). The average Bonchev–Trinajstić information content (AvgIpc) is 2.95. The van der Waals surface area contributed by atoms with Gasteiger partial charge in [-0.3, -0.25) is 0 Å². The van der Waals surface area contributed by atoms with E-state index in [-0.39, 0.29) is 35.8 Å². The molecule has 0 saturated carbocycles. The second-order valence-corrected chi connectivity index (χ2v) is 7.60. The number of urea groups is 1. The maximum atomic E-state index is 13.2. The second kappa shape index (κ2) is 7.30. The number of hydrogen-bond donors (Lipinski definition) is 2. The topological polar surface area (TPSA) is 52.6 Å². The lowest BCUT2D eigenvalue weighted by molar-refractivity contribution is 0.190. The number of aliphatic hydroxyl groups is 1. The monoisotopic (exact) mass is 322 g/mol. The summed E-state index contributed by atoms with van der Waals surface area (Å²) in [6.45, 7) is 7.73. The first-order valence-corrected chi connectivity index (χ1v) is 8.20. The highest BCUT2D eigenvalue weighted by atomic mass is 19.1. The van der Waals surface area contributed by atoms with Crippen molar-refractivity contribution >= 4 is 6.03 Å². The number of hydrogen-bond acceptors (Lipinski definition) is 2. The van der Waals surface area contributed by atoms with Crippen LogP contribution in [0.3, 0.4) is 0 Å². The van der Waals surface area contributed by atoms with Gasteiger partial charge in [-0.05, 0) is 36.0 Å². The van der Waals surface area contributed by atoms with Crippen LogP contribution in [0.2, 0.25) is 0 Å². The quantitative estimate of drug-likeness (QED) is 0.893. The van der Waals surface area contributed by atoms with Gasteiger partial charge in [0.2, 0.25) is 0 Å². The molecule has 128 valence electrons. The summed E-state index contributed by atoms with van der Waals surface area (Å²) >= 11 is 0. The molecular weight excluding hydrogens is 295 g/mol. The van der Waals surface area contributed by atoms with Crippen LogP contribution in [-0.2, 0) is 0 Å². The van der Waals surface area contributed by atoms with Gasteiger partial charge in [-0.1, -0.05) is 32.9 Å². The lowest BCUT2D eigenvalue weighted by Crippen LogP contribution is -2.41. The highest BCUT2D eigenvalue weighted by molar-refractivity contribution is 5.75. The van der Waals surface area contributed by atoms with Crippen LogP contribution in [0, 0.1) is 17.2 Å². The molecular formula is C18H27FN2O2. The molecule has 0 aliphatic carbocycles. The highest BCUT2D eigenvalue weighted by Crippen LogP contribution is 2.30. The Labute approximate surface area is 137 Å². The van der Waals surface area contributed by atoms with Crippen molar-refractivity contribution in [3.05, 3.63) is 35.6 Å². The van der Waals surface area contributed by atoms with E-state index in [2.05, 4.69) is 26.1 Å². The van der Waals surface area contributed by atoms with E-state index in [0.29, 0.717) is 13.1 Å². The molecule has 0 spiro atoms. The van der Waals surface area contributed by atoms with Gasteiger partial charge in [-0.15, -0.1) is 0 Å². The fraction of sp³-hybridized carbons (Fsp3) is 0.611. The molecule has 2 unspecified atom stereocenters. The summed E-state index contributed by atoms with van der Waals surface area (Å²) in [6.07, 6.45) is 1.60. The van der Waals surface area contributed by atoms with Crippen LogP contribution in [0.25, 0.3) is 0 Å². The Morgan fingerprint density at radius 3 is 2.57 bits per heavy atom. The molecule has 2 atom stereocenters. The molecule has 1 aliphatic heterocycles. The van der Waals surface area contributed by atoms with Crippen molar-refractivity contribution in [2.24, 2.45) is 11.3 Å². The first-order chi connectivity index (χ1) is 10.8. The minimum Gasteiger partial charge on any atom is -0.396 e. The lowest BCUT2D eigenvalue weighted by Gasteiger charge is -2.29. The van der Waals surface area contributed by atoms with Crippen LogP contribution in [0.15, 0.2) is 24.3 Å².